The van der Waals surface area contributed by atoms with Gasteiger partial charge in [0.05, 0.1) is 24.4 Å². The first-order valence-corrected chi connectivity index (χ1v) is 18.0. The quantitative estimate of drug-likeness (QED) is 0.130. The molecule has 0 radical (unpaired) electrons. The number of benzene rings is 2. The number of anilines is 2. The molecule has 264 valence electrons. The monoisotopic (exact) mass is 705 g/mol. The number of pyridine rings is 1. The molecule has 4 heterocycles. The van der Waals surface area contributed by atoms with Gasteiger partial charge < -0.3 is 19.9 Å². The van der Waals surface area contributed by atoms with E-state index in [1.54, 1.807) is 36.0 Å². The van der Waals surface area contributed by atoms with Gasteiger partial charge in [-0.25, -0.2) is 4.98 Å². The summed E-state index contributed by atoms with van der Waals surface area (Å²) in [7, 11) is 1.74. The van der Waals surface area contributed by atoms with Gasteiger partial charge >= 0.3 is 0 Å². The second-order valence-electron chi connectivity index (χ2n) is 13.0. The largest absolute Gasteiger partial charge is 0.379 e. The number of fused-ring (bicyclic) bond motifs is 1. The Morgan fingerprint density at radius 3 is 2.49 bits per heavy atom. The van der Waals surface area contributed by atoms with Crippen LogP contribution in [0, 0.1) is 5.92 Å². The van der Waals surface area contributed by atoms with Crippen LogP contribution in [0.5, 0.6) is 0 Å². The predicted octanol–water partition coefficient (Wildman–Crippen LogP) is 6.36. The lowest BCUT2D eigenvalue weighted by atomic mass is 10.1. The number of rotatable bonds is 13. The fraction of sp³-hybridized carbons (Fsp3) is 0.308. The first-order valence-electron chi connectivity index (χ1n) is 17.2. The van der Waals surface area contributed by atoms with Gasteiger partial charge in [0.25, 0.3) is 17.7 Å². The van der Waals surface area contributed by atoms with Crippen LogP contribution in [0.4, 0.5) is 10.8 Å². The summed E-state index contributed by atoms with van der Waals surface area (Å²) in [5.41, 5.74) is 4.55. The van der Waals surface area contributed by atoms with E-state index in [4.69, 9.17) is 4.74 Å². The van der Waals surface area contributed by atoms with Gasteiger partial charge in [-0.3, -0.25) is 29.6 Å². The van der Waals surface area contributed by atoms with E-state index in [9.17, 15) is 14.4 Å². The topological polar surface area (TPSA) is 130 Å². The number of morpholine rings is 1. The van der Waals surface area contributed by atoms with Crippen molar-refractivity contribution < 1.29 is 19.1 Å². The second kappa shape index (κ2) is 16.7. The maximum absolute atomic E-state index is 13.4. The predicted molar refractivity (Wildman–Crippen MR) is 203 cm³/mol. The molecule has 0 atom stereocenters. The number of para-hydroxylation sites is 1. The Morgan fingerprint density at radius 2 is 1.71 bits per heavy atom. The molecule has 1 fully saturated rings. The average Bonchev–Trinajstić information content (AvgIpc) is 3.72. The van der Waals surface area contributed by atoms with Gasteiger partial charge in [0, 0.05) is 61.4 Å². The molecule has 3 N–H and O–H groups in total. The lowest BCUT2D eigenvalue weighted by Gasteiger charge is -2.26. The number of nitrogens with one attached hydrogen (secondary N) is 3. The van der Waals surface area contributed by atoms with Gasteiger partial charge in [-0.2, -0.15) is 0 Å². The normalized spacial score (nSPS) is 13.6. The summed E-state index contributed by atoms with van der Waals surface area (Å²) < 4.78 is 7.05. The van der Waals surface area contributed by atoms with E-state index in [1.807, 2.05) is 54.7 Å². The zero-order chi connectivity index (χ0) is 35.7. The van der Waals surface area contributed by atoms with Crippen LogP contribution in [-0.2, 0) is 18.2 Å². The highest BCUT2D eigenvalue weighted by molar-refractivity contribution is 7.16. The van der Waals surface area contributed by atoms with Crippen molar-refractivity contribution in [1.29, 1.82) is 0 Å². The molecule has 0 bridgehead atoms. The summed E-state index contributed by atoms with van der Waals surface area (Å²) in [6, 6.07) is 19.0. The zero-order valence-electron chi connectivity index (χ0n) is 29.1. The molecule has 0 aliphatic carbocycles. The van der Waals surface area contributed by atoms with Gasteiger partial charge in [-0.1, -0.05) is 56.3 Å². The van der Waals surface area contributed by atoms with Crippen LogP contribution in [-0.4, -0.2) is 76.5 Å². The van der Waals surface area contributed by atoms with Gasteiger partial charge in [0.15, 0.2) is 5.13 Å². The Balaban J connectivity index is 1.06. The maximum Gasteiger partial charge on any atom is 0.274 e. The number of carbonyl (C=O) groups is 3. The van der Waals surface area contributed by atoms with Crippen molar-refractivity contribution in [1.82, 2.24) is 24.8 Å². The number of thiazole rings is 1. The number of aromatic nitrogens is 3. The molecule has 51 heavy (non-hydrogen) atoms. The van der Waals surface area contributed by atoms with Gasteiger partial charge in [-0.05, 0) is 60.2 Å². The molecule has 6 rings (SSSR count). The first kappa shape index (κ1) is 35.6. The van der Waals surface area contributed by atoms with Crippen molar-refractivity contribution in [2.75, 3.05) is 50.0 Å². The highest BCUT2D eigenvalue weighted by Gasteiger charge is 2.22. The molecule has 1 aliphatic rings. The Kier molecular flexibility index (Phi) is 11.7. The Morgan fingerprint density at radius 1 is 0.941 bits per heavy atom. The van der Waals surface area contributed by atoms with Crippen LogP contribution in [0.2, 0.25) is 0 Å². The van der Waals surface area contributed by atoms with Crippen LogP contribution < -0.4 is 16.0 Å². The van der Waals surface area contributed by atoms with E-state index in [2.05, 4.69) is 50.7 Å². The van der Waals surface area contributed by atoms with Crippen molar-refractivity contribution in [3.05, 3.63) is 106 Å². The van der Waals surface area contributed by atoms with E-state index in [-0.39, 0.29) is 17.7 Å². The third kappa shape index (κ3) is 9.54. The van der Waals surface area contributed by atoms with Crippen molar-refractivity contribution in [2.24, 2.45) is 13.0 Å². The fourth-order valence-electron chi connectivity index (χ4n) is 5.75. The molecule has 5 aromatic rings. The molecular weight excluding hydrogens is 663 g/mol. The first-order chi connectivity index (χ1) is 24.7. The number of hydrogen-bond acceptors (Lipinski definition) is 8. The van der Waals surface area contributed by atoms with E-state index < -0.39 is 0 Å². The SMILES string of the molecule is CC(C)CCc1sc(NC(=O)c2cc(NC(=O)c3ccc(/C=C/c4cnc5ccccc5c4)cc3)cn2C)nc1C(=O)NCCN1CCOCC1. The summed E-state index contributed by atoms with van der Waals surface area (Å²) in [5.74, 6) is -0.470. The van der Waals surface area contributed by atoms with E-state index in [0.717, 1.165) is 53.0 Å². The average molecular weight is 706 g/mol. The van der Waals surface area contributed by atoms with Gasteiger partial charge in [0.1, 0.15) is 11.4 Å². The van der Waals surface area contributed by atoms with Crippen molar-refractivity contribution >= 4 is 62.9 Å². The number of carbonyl (C=O) groups excluding carboxylic acids is 3. The molecule has 3 amide bonds. The Labute approximate surface area is 301 Å². The van der Waals surface area contributed by atoms with Crippen molar-refractivity contribution in [2.45, 2.75) is 26.7 Å². The summed E-state index contributed by atoms with van der Waals surface area (Å²) in [5, 5.41) is 10.2. The number of nitrogens with zero attached hydrogens (tertiary/aromatic N) is 4. The molecule has 0 saturated carbocycles. The standard InChI is InChI=1S/C39H43N7O4S/c1-26(2)8-15-34-35(38(49)40-16-17-46-18-20-50-21-19-46)43-39(51-34)44-37(48)33-23-31(25-45(33)3)42-36(47)29-13-11-27(12-14-29)9-10-28-22-30-6-4-5-7-32(30)41-24-28/h4-7,9-14,22-26H,8,15-21H2,1-3H3,(H,40,49)(H,42,47)(H,43,44,48)/b10-9+. The van der Waals surface area contributed by atoms with Gasteiger partial charge in [-0.15, -0.1) is 11.3 Å². The summed E-state index contributed by atoms with van der Waals surface area (Å²) in [6.45, 7) is 8.63. The van der Waals surface area contributed by atoms with Crippen molar-refractivity contribution in [3.63, 3.8) is 0 Å². The molecule has 0 spiro atoms. The molecular formula is C39H43N7O4S. The molecule has 12 heteroatoms. The highest BCUT2D eigenvalue weighted by Crippen LogP contribution is 2.27. The number of hydrogen-bond donors (Lipinski definition) is 3. The molecule has 2 aromatic carbocycles. The van der Waals surface area contributed by atoms with Gasteiger partial charge in [0.2, 0.25) is 0 Å². The summed E-state index contributed by atoms with van der Waals surface area (Å²) in [4.78, 5) is 51.8. The van der Waals surface area contributed by atoms with Crippen LogP contribution in [0.25, 0.3) is 23.1 Å². The molecule has 1 aliphatic heterocycles. The minimum atomic E-state index is -0.390. The minimum absolute atomic E-state index is 0.242. The third-order valence-electron chi connectivity index (χ3n) is 8.65. The number of aryl methyl sites for hydroxylation is 2. The van der Waals surface area contributed by atoms with Crippen molar-refractivity contribution in [3.8, 4) is 0 Å². The molecule has 1 saturated heterocycles. The third-order valence-corrected chi connectivity index (χ3v) is 9.68. The second-order valence-corrected chi connectivity index (χ2v) is 14.1. The summed E-state index contributed by atoms with van der Waals surface area (Å²) >= 11 is 1.32. The minimum Gasteiger partial charge on any atom is -0.379 e. The van der Waals surface area contributed by atoms with E-state index in [1.165, 1.54) is 11.3 Å². The van der Waals surface area contributed by atoms with E-state index >= 15 is 0 Å². The Bertz CT molecular complexity index is 2030. The number of amides is 3. The Hall–Kier alpha value is -5.17. The zero-order valence-corrected chi connectivity index (χ0v) is 30.0. The smallest absolute Gasteiger partial charge is 0.274 e. The number of ether oxygens (including phenoxy) is 1. The van der Waals surface area contributed by atoms with Crippen LogP contribution >= 0.6 is 11.3 Å². The fourth-order valence-corrected chi connectivity index (χ4v) is 6.72. The molecule has 11 nitrogen and oxygen atoms in total. The van der Waals surface area contributed by atoms with Crippen LogP contribution in [0.3, 0.4) is 0 Å². The van der Waals surface area contributed by atoms with Crippen LogP contribution in [0.15, 0.2) is 73.1 Å². The summed E-state index contributed by atoms with van der Waals surface area (Å²) in [6.07, 6.45) is 9.08. The lowest BCUT2D eigenvalue weighted by molar-refractivity contribution is 0.0383. The molecule has 3 aromatic heterocycles. The molecule has 0 unspecified atom stereocenters. The highest BCUT2D eigenvalue weighted by atomic mass is 32.1. The van der Waals surface area contributed by atoms with Crippen LogP contribution in [0.1, 0.15) is 67.6 Å². The maximum atomic E-state index is 13.4. The van der Waals surface area contributed by atoms with E-state index in [0.29, 0.717) is 59.9 Å². The lowest BCUT2D eigenvalue weighted by Crippen LogP contribution is -2.41.